The van der Waals surface area contributed by atoms with Crippen molar-refractivity contribution in [3.05, 3.63) is 30.4 Å². The molecule has 0 aliphatic heterocycles. The zero-order valence-electron chi connectivity index (χ0n) is 7.25. The molecular weight excluding hydrogens is 164 g/mol. The van der Waals surface area contributed by atoms with Crippen LogP contribution in [0.5, 0.6) is 0 Å². The van der Waals surface area contributed by atoms with E-state index in [1.54, 1.807) is 0 Å². The summed E-state index contributed by atoms with van der Waals surface area (Å²) in [7, 11) is 0. The molecule has 0 radical (unpaired) electrons. The van der Waals surface area contributed by atoms with Crippen molar-refractivity contribution in [1.29, 1.82) is 0 Å². The van der Waals surface area contributed by atoms with Crippen LogP contribution in [0.2, 0.25) is 0 Å². The Morgan fingerprint density at radius 2 is 2.38 bits per heavy atom. The van der Waals surface area contributed by atoms with Gasteiger partial charge < -0.3 is 10.7 Å². The molecule has 13 heavy (non-hydrogen) atoms. The van der Waals surface area contributed by atoms with Gasteiger partial charge in [-0.15, -0.1) is 0 Å². The van der Waals surface area contributed by atoms with E-state index in [1.807, 2.05) is 24.7 Å². The Kier molecular flexibility index (Phi) is 2.14. The summed E-state index contributed by atoms with van der Waals surface area (Å²) in [5.41, 5.74) is 8.87. The first-order valence-corrected chi connectivity index (χ1v) is 4.27. The van der Waals surface area contributed by atoms with Crippen molar-refractivity contribution in [2.24, 2.45) is 5.73 Å². The Bertz CT molecular complexity index is 361. The summed E-state index contributed by atoms with van der Waals surface area (Å²) < 4.78 is 0. The standard InChI is InChI=1S/C9H12N4/c10-3-1-9-8(6-12-13-9)7-2-4-11-5-7/h2,4-6,11H,1,3,10H2,(H,12,13). The van der Waals surface area contributed by atoms with Crippen LogP contribution in [0.3, 0.4) is 0 Å². The molecule has 0 bridgehead atoms. The van der Waals surface area contributed by atoms with Gasteiger partial charge in [0.2, 0.25) is 0 Å². The molecule has 2 heterocycles. The van der Waals surface area contributed by atoms with Gasteiger partial charge in [-0.05, 0) is 12.6 Å². The molecule has 0 fully saturated rings. The fourth-order valence-corrected chi connectivity index (χ4v) is 1.39. The van der Waals surface area contributed by atoms with Gasteiger partial charge in [0.25, 0.3) is 0 Å². The van der Waals surface area contributed by atoms with Crippen LogP contribution in [-0.2, 0) is 6.42 Å². The lowest BCUT2D eigenvalue weighted by Gasteiger charge is -1.97. The number of nitrogens with zero attached hydrogens (tertiary/aromatic N) is 1. The third kappa shape index (κ3) is 1.48. The van der Waals surface area contributed by atoms with Crippen molar-refractivity contribution >= 4 is 0 Å². The molecule has 0 aliphatic carbocycles. The molecule has 4 N–H and O–H groups in total. The molecule has 0 aliphatic rings. The summed E-state index contributed by atoms with van der Waals surface area (Å²) in [6, 6.07) is 2.02. The zero-order chi connectivity index (χ0) is 9.10. The summed E-state index contributed by atoms with van der Waals surface area (Å²) in [5.74, 6) is 0. The maximum Gasteiger partial charge on any atom is 0.0569 e. The molecule has 0 atom stereocenters. The highest BCUT2D eigenvalue weighted by Gasteiger charge is 2.06. The van der Waals surface area contributed by atoms with Gasteiger partial charge in [-0.3, -0.25) is 5.10 Å². The van der Waals surface area contributed by atoms with E-state index in [4.69, 9.17) is 5.73 Å². The minimum atomic E-state index is 0.639. The van der Waals surface area contributed by atoms with Crippen molar-refractivity contribution in [3.8, 4) is 11.1 Å². The van der Waals surface area contributed by atoms with Crippen LogP contribution in [0, 0.1) is 0 Å². The Hall–Kier alpha value is -1.55. The van der Waals surface area contributed by atoms with Gasteiger partial charge in [0.1, 0.15) is 0 Å². The number of H-pyrrole nitrogens is 2. The van der Waals surface area contributed by atoms with E-state index in [0.29, 0.717) is 6.54 Å². The second-order valence-corrected chi connectivity index (χ2v) is 2.90. The Balaban J connectivity index is 2.35. The molecule has 2 rings (SSSR count). The van der Waals surface area contributed by atoms with Crippen LogP contribution in [0.25, 0.3) is 11.1 Å². The smallest absolute Gasteiger partial charge is 0.0569 e. The van der Waals surface area contributed by atoms with E-state index in [0.717, 1.165) is 23.2 Å². The molecule has 0 saturated carbocycles. The summed E-state index contributed by atoms with van der Waals surface area (Å²) in [5, 5.41) is 6.95. The van der Waals surface area contributed by atoms with E-state index in [9.17, 15) is 0 Å². The van der Waals surface area contributed by atoms with E-state index in [2.05, 4.69) is 15.2 Å². The van der Waals surface area contributed by atoms with Crippen molar-refractivity contribution in [3.63, 3.8) is 0 Å². The lowest BCUT2D eigenvalue weighted by atomic mass is 10.1. The minimum absolute atomic E-state index is 0.639. The molecule has 4 heteroatoms. The monoisotopic (exact) mass is 176 g/mol. The Labute approximate surface area is 76.2 Å². The SMILES string of the molecule is NCCc1[nH]ncc1-c1cc[nH]c1. The summed E-state index contributed by atoms with van der Waals surface area (Å²) in [4.78, 5) is 3.01. The molecule has 2 aromatic heterocycles. The first-order chi connectivity index (χ1) is 6.42. The molecule has 0 saturated heterocycles. The van der Waals surface area contributed by atoms with Crippen LogP contribution in [-0.4, -0.2) is 21.7 Å². The Morgan fingerprint density at radius 1 is 1.46 bits per heavy atom. The van der Waals surface area contributed by atoms with Crippen molar-refractivity contribution in [1.82, 2.24) is 15.2 Å². The van der Waals surface area contributed by atoms with Crippen LogP contribution < -0.4 is 5.73 Å². The lowest BCUT2D eigenvalue weighted by molar-refractivity contribution is 0.902. The average Bonchev–Trinajstić information content (AvgIpc) is 2.71. The highest BCUT2D eigenvalue weighted by molar-refractivity contribution is 5.64. The molecule has 0 spiro atoms. The molecule has 4 nitrogen and oxygen atoms in total. The van der Waals surface area contributed by atoms with Crippen LogP contribution in [0.15, 0.2) is 24.7 Å². The fraction of sp³-hybridized carbons (Fsp3) is 0.222. The lowest BCUT2D eigenvalue weighted by Crippen LogP contribution is -2.03. The first-order valence-electron chi connectivity index (χ1n) is 4.27. The molecule has 0 aromatic carbocycles. The topological polar surface area (TPSA) is 70.5 Å². The second-order valence-electron chi connectivity index (χ2n) is 2.90. The number of aromatic nitrogens is 3. The largest absolute Gasteiger partial charge is 0.367 e. The minimum Gasteiger partial charge on any atom is -0.367 e. The third-order valence-electron chi connectivity index (χ3n) is 2.02. The number of aromatic amines is 2. The predicted molar refractivity (Wildman–Crippen MR) is 51.1 cm³/mol. The van der Waals surface area contributed by atoms with E-state index in [-0.39, 0.29) is 0 Å². The van der Waals surface area contributed by atoms with Gasteiger partial charge in [0, 0.05) is 35.6 Å². The number of rotatable bonds is 3. The highest BCUT2D eigenvalue weighted by atomic mass is 15.1. The normalized spacial score (nSPS) is 10.5. The van der Waals surface area contributed by atoms with Gasteiger partial charge in [0.05, 0.1) is 6.20 Å². The maximum atomic E-state index is 5.49. The molecular formula is C9H12N4. The second kappa shape index (κ2) is 3.45. The van der Waals surface area contributed by atoms with Crippen molar-refractivity contribution in [2.75, 3.05) is 6.54 Å². The van der Waals surface area contributed by atoms with Gasteiger partial charge in [-0.1, -0.05) is 0 Å². The molecule has 0 amide bonds. The number of nitrogens with two attached hydrogens (primary N) is 1. The van der Waals surface area contributed by atoms with Crippen LogP contribution in [0.4, 0.5) is 0 Å². The van der Waals surface area contributed by atoms with E-state index >= 15 is 0 Å². The summed E-state index contributed by atoms with van der Waals surface area (Å²) in [6.45, 7) is 0.639. The number of hydrogen-bond donors (Lipinski definition) is 3. The highest BCUT2D eigenvalue weighted by Crippen LogP contribution is 2.20. The summed E-state index contributed by atoms with van der Waals surface area (Å²) in [6.07, 6.45) is 6.51. The number of hydrogen-bond acceptors (Lipinski definition) is 2. The first kappa shape index (κ1) is 8.07. The third-order valence-corrected chi connectivity index (χ3v) is 2.02. The van der Waals surface area contributed by atoms with Crippen LogP contribution >= 0.6 is 0 Å². The predicted octanol–water partition coefficient (Wildman–Crippen LogP) is 0.906. The average molecular weight is 176 g/mol. The van der Waals surface area contributed by atoms with Crippen molar-refractivity contribution < 1.29 is 0 Å². The van der Waals surface area contributed by atoms with E-state index < -0.39 is 0 Å². The molecule has 68 valence electrons. The summed E-state index contributed by atoms with van der Waals surface area (Å²) >= 11 is 0. The maximum absolute atomic E-state index is 5.49. The van der Waals surface area contributed by atoms with Gasteiger partial charge >= 0.3 is 0 Å². The van der Waals surface area contributed by atoms with Gasteiger partial charge in [-0.25, -0.2) is 0 Å². The quantitative estimate of drug-likeness (QED) is 0.650. The van der Waals surface area contributed by atoms with Crippen molar-refractivity contribution in [2.45, 2.75) is 6.42 Å². The van der Waals surface area contributed by atoms with Gasteiger partial charge in [-0.2, -0.15) is 5.10 Å². The van der Waals surface area contributed by atoms with Gasteiger partial charge in [0.15, 0.2) is 0 Å². The van der Waals surface area contributed by atoms with E-state index in [1.165, 1.54) is 0 Å². The molecule has 0 unspecified atom stereocenters. The Morgan fingerprint density at radius 3 is 3.08 bits per heavy atom. The number of nitrogens with one attached hydrogen (secondary N) is 2. The molecule has 2 aromatic rings. The fourth-order valence-electron chi connectivity index (χ4n) is 1.39. The van der Waals surface area contributed by atoms with Crippen LogP contribution in [0.1, 0.15) is 5.69 Å². The zero-order valence-corrected chi connectivity index (χ0v) is 7.25.